The van der Waals surface area contributed by atoms with E-state index in [0.717, 1.165) is 0 Å². The highest BCUT2D eigenvalue weighted by Gasteiger charge is 2.30. The van der Waals surface area contributed by atoms with Gasteiger partial charge >= 0.3 is 0 Å². The number of hydrogen-bond acceptors (Lipinski definition) is 0. The molecule has 0 aromatic heterocycles. The van der Waals surface area contributed by atoms with E-state index in [1.54, 1.807) is 5.56 Å². The Kier molecular flexibility index (Phi) is 6.82. The van der Waals surface area contributed by atoms with Crippen molar-refractivity contribution in [3.63, 3.8) is 0 Å². The molecule has 1 heteroatoms. The first-order valence-corrected chi connectivity index (χ1v) is 9.87. The second-order valence-electron chi connectivity index (χ2n) is 5.42. The fraction of sp³-hybridized carbons (Fsp3) is 0.625. The summed E-state index contributed by atoms with van der Waals surface area (Å²) in [5, 5.41) is 0. The first-order valence-electron chi connectivity index (χ1n) is 7.07. The van der Waals surface area contributed by atoms with Gasteiger partial charge in [-0.05, 0) is 18.4 Å². The van der Waals surface area contributed by atoms with Crippen LogP contribution < -0.4 is 0 Å². The standard InChI is InChI=1S/C16H28P/c1-4-6-13-17(3,14-7-5-2)15-16-11-9-8-10-12-16/h8-12H,4-7,13-15H2,1-3H3/q+1. The van der Waals surface area contributed by atoms with Crippen molar-refractivity contribution in [2.75, 3.05) is 19.0 Å². The van der Waals surface area contributed by atoms with Crippen LogP contribution in [0.3, 0.4) is 0 Å². The highest BCUT2D eigenvalue weighted by molar-refractivity contribution is 7.74. The van der Waals surface area contributed by atoms with E-state index in [0.29, 0.717) is 0 Å². The Morgan fingerprint density at radius 1 is 0.882 bits per heavy atom. The van der Waals surface area contributed by atoms with Crippen LogP contribution in [0.2, 0.25) is 0 Å². The maximum atomic E-state index is 2.59. The first-order chi connectivity index (χ1) is 8.20. The molecule has 0 nitrogen and oxygen atoms in total. The average Bonchev–Trinajstić information content (AvgIpc) is 2.35. The normalized spacial score (nSPS) is 11.7. The summed E-state index contributed by atoms with van der Waals surface area (Å²) >= 11 is 0. The Bertz CT molecular complexity index is 284. The van der Waals surface area contributed by atoms with Crippen LogP contribution in [0, 0.1) is 0 Å². The van der Waals surface area contributed by atoms with Gasteiger partial charge in [0.15, 0.2) is 0 Å². The predicted molar refractivity (Wildman–Crippen MR) is 82.5 cm³/mol. The molecule has 0 aliphatic rings. The van der Waals surface area contributed by atoms with Gasteiger partial charge in [-0.25, -0.2) is 0 Å². The maximum absolute atomic E-state index is 2.59. The molecular weight excluding hydrogens is 223 g/mol. The third kappa shape index (κ3) is 5.68. The van der Waals surface area contributed by atoms with Crippen molar-refractivity contribution in [2.45, 2.75) is 45.7 Å². The Morgan fingerprint density at radius 3 is 1.88 bits per heavy atom. The van der Waals surface area contributed by atoms with Gasteiger partial charge in [0, 0.05) is 13.9 Å². The van der Waals surface area contributed by atoms with E-state index in [4.69, 9.17) is 0 Å². The van der Waals surface area contributed by atoms with Crippen molar-refractivity contribution in [1.82, 2.24) is 0 Å². The molecule has 0 saturated carbocycles. The van der Waals surface area contributed by atoms with Crippen LogP contribution in [0.15, 0.2) is 30.3 Å². The molecule has 0 radical (unpaired) electrons. The summed E-state index contributed by atoms with van der Waals surface area (Å²) in [6, 6.07) is 11.1. The molecule has 0 fully saturated rings. The number of unbranched alkanes of at least 4 members (excludes halogenated alkanes) is 2. The lowest BCUT2D eigenvalue weighted by Crippen LogP contribution is -2.05. The molecule has 0 N–H and O–H groups in total. The van der Waals surface area contributed by atoms with Crippen molar-refractivity contribution in [1.29, 1.82) is 0 Å². The lowest BCUT2D eigenvalue weighted by atomic mass is 10.2. The molecule has 0 unspecified atom stereocenters. The second kappa shape index (κ2) is 7.88. The topological polar surface area (TPSA) is 0 Å². The molecule has 0 atom stereocenters. The summed E-state index contributed by atoms with van der Waals surface area (Å²) in [6.45, 7) is 7.21. The van der Waals surface area contributed by atoms with Crippen LogP contribution >= 0.6 is 7.26 Å². The monoisotopic (exact) mass is 251 g/mol. The number of rotatable bonds is 8. The second-order valence-corrected chi connectivity index (χ2v) is 9.87. The Hall–Kier alpha value is -0.350. The molecule has 0 aliphatic heterocycles. The zero-order valence-electron chi connectivity index (χ0n) is 11.8. The van der Waals surface area contributed by atoms with Crippen molar-refractivity contribution in [3.8, 4) is 0 Å². The van der Waals surface area contributed by atoms with Crippen molar-refractivity contribution in [2.24, 2.45) is 0 Å². The average molecular weight is 251 g/mol. The molecule has 1 aromatic carbocycles. The van der Waals surface area contributed by atoms with Gasteiger partial charge in [-0.1, -0.05) is 57.0 Å². The smallest absolute Gasteiger partial charge is 0.0652 e. The molecule has 17 heavy (non-hydrogen) atoms. The van der Waals surface area contributed by atoms with Crippen LogP contribution in [0.1, 0.15) is 45.1 Å². The SMILES string of the molecule is CCCC[P+](C)(CCCC)Cc1ccccc1. The van der Waals surface area contributed by atoms with Gasteiger partial charge in [0.1, 0.15) is 0 Å². The largest absolute Gasteiger partial charge is 0.0840 e. The molecule has 0 saturated heterocycles. The van der Waals surface area contributed by atoms with E-state index in [1.807, 2.05) is 0 Å². The zero-order chi connectivity index (χ0) is 12.6. The molecule has 0 aliphatic carbocycles. The first kappa shape index (κ1) is 14.7. The lowest BCUT2D eigenvalue weighted by Gasteiger charge is -2.23. The molecule has 96 valence electrons. The van der Waals surface area contributed by atoms with E-state index in [1.165, 1.54) is 44.2 Å². The fourth-order valence-electron chi connectivity index (χ4n) is 2.37. The summed E-state index contributed by atoms with van der Waals surface area (Å²) in [7, 11) is -0.724. The third-order valence-corrected chi connectivity index (χ3v) is 7.43. The summed E-state index contributed by atoms with van der Waals surface area (Å²) in [5.74, 6) is 0. The number of benzene rings is 1. The summed E-state index contributed by atoms with van der Waals surface area (Å²) < 4.78 is 0. The highest BCUT2D eigenvalue weighted by atomic mass is 31.2. The van der Waals surface area contributed by atoms with Gasteiger partial charge < -0.3 is 0 Å². The molecule has 0 bridgehead atoms. The Labute approximate surface area is 108 Å². The van der Waals surface area contributed by atoms with Crippen LogP contribution in [0.25, 0.3) is 0 Å². The minimum absolute atomic E-state index is 0.724. The van der Waals surface area contributed by atoms with Crippen LogP contribution in [-0.4, -0.2) is 19.0 Å². The van der Waals surface area contributed by atoms with Gasteiger partial charge in [0.25, 0.3) is 0 Å². The van der Waals surface area contributed by atoms with E-state index < -0.39 is 7.26 Å². The quantitative estimate of drug-likeness (QED) is 0.540. The van der Waals surface area contributed by atoms with Gasteiger partial charge in [-0.2, -0.15) is 0 Å². The molecule has 1 aromatic rings. The maximum Gasteiger partial charge on any atom is 0.0840 e. The summed E-state index contributed by atoms with van der Waals surface area (Å²) in [6.07, 6.45) is 9.85. The van der Waals surface area contributed by atoms with Crippen LogP contribution in [0.5, 0.6) is 0 Å². The van der Waals surface area contributed by atoms with Gasteiger partial charge in [0.05, 0.1) is 18.5 Å². The Morgan fingerprint density at radius 2 is 1.41 bits per heavy atom. The minimum Gasteiger partial charge on any atom is -0.0652 e. The summed E-state index contributed by atoms with van der Waals surface area (Å²) in [4.78, 5) is 0. The predicted octanol–water partition coefficient (Wildman–Crippen LogP) is 5.43. The van der Waals surface area contributed by atoms with E-state index in [9.17, 15) is 0 Å². The fourth-order valence-corrected chi connectivity index (χ4v) is 6.17. The third-order valence-electron chi connectivity index (χ3n) is 3.51. The molecular formula is C16H28P+. The molecule has 0 heterocycles. The van der Waals surface area contributed by atoms with Crippen molar-refractivity contribution < 1.29 is 0 Å². The van der Waals surface area contributed by atoms with Gasteiger partial charge in [0.2, 0.25) is 0 Å². The Balaban J connectivity index is 2.61. The van der Waals surface area contributed by atoms with Crippen LogP contribution in [-0.2, 0) is 6.16 Å². The van der Waals surface area contributed by atoms with Crippen molar-refractivity contribution in [3.05, 3.63) is 35.9 Å². The van der Waals surface area contributed by atoms with Gasteiger partial charge in [-0.3, -0.25) is 0 Å². The van der Waals surface area contributed by atoms with Crippen molar-refractivity contribution >= 4 is 7.26 Å². The molecule has 0 amide bonds. The molecule has 1 rings (SSSR count). The van der Waals surface area contributed by atoms with E-state index in [2.05, 4.69) is 50.8 Å². The molecule has 0 spiro atoms. The number of hydrogen-bond donors (Lipinski definition) is 0. The zero-order valence-corrected chi connectivity index (χ0v) is 12.7. The van der Waals surface area contributed by atoms with E-state index >= 15 is 0 Å². The lowest BCUT2D eigenvalue weighted by molar-refractivity contribution is 0.858. The minimum atomic E-state index is -0.724. The van der Waals surface area contributed by atoms with Crippen LogP contribution in [0.4, 0.5) is 0 Å². The highest BCUT2D eigenvalue weighted by Crippen LogP contribution is 2.59. The van der Waals surface area contributed by atoms with E-state index in [-0.39, 0.29) is 0 Å². The van der Waals surface area contributed by atoms with Gasteiger partial charge in [-0.15, -0.1) is 0 Å². The summed E-state index contributed by atoms with van der Waals surface area (Å²) in [5.41, 5.74) is 1.55.